The molecule has 0 radical (unpaired) electrons. The molecule has 0 saturated heterocycles. The Morgan fingerprint density at radius 3 is 2.14 bits per heavy atom. The van der Waals surface area contributed by atoms with Crippen LogP contribution in [0.5, 0.6) is 23.0 Å². The molecule has 1 heterocycles. The van der Waals surface area contributed by atoms with Gasteiger partial charge in [-0.05, 0) is 36.6 Å². The first-order valence-electron chi connectivity index (χ1n) is 9.00. The van der Waals surface area contributed by atoms with E-state index in [9.17, 15) is 24.9 Å². The van der Waals surface area contributed by atoms with E-state index in [0.717, 1.165) is 11.5 Å². The molecule has 3 N–H and O–H groups in total. The van der Waals surface area contributed by atoms with Gasteiger partial charge in [-0.25, -0.2) is 0 Å². The van der Waals surface area contributed by atoms with E-state index in [1.807, 2.05) is 12.1 Å². The molecule has 1 aliphatic heterocycles. The van der Waals surface area contributed by atoms with E-state index >= 15 is 0 Å². The summed E-state index contributed by atoms with van der Waals surface area (Å²) in [5, 5.41) is 33.9. The van der Waals surface area contributed by atoms with E-state index in [2.05, 4.69) is 0 Å². The fourth-order valence-electron chi connectivity index (χ4n) is 4.31. The van der Waals surface area contributed by atoms with Crippen molar-refractivity contribution in [2.24, 2.45) is 0 Å². The molecule has 3 aromatic rings. The lowest BCUT2D eigenvalue weighted by molar-refractivity contribution is -0.226. The van der Waals surface area contributed by atoms with Crippen LogP contribution in [0, 0.1) is 0 Å². The van der Waals surface area contributed by atoms with Gasteiger partial charge in [0.2, 0.25) is 11.4 Å². The van der Waals surface area contributed by atoms with E-state index < -0.39 is 40.9 Å². The van der Waals surface area contributed by atoms with Crippen molar-refractivity contribution < 1.29 is 34.4 Å². The minimum atomic E-state index is -2.49. The third-order valence-electron chi connectivity index (χ3n) is 5.48. The van der Waals surface area contributed by atoms with Gasteiger partial charge in [-0.15, -0.1) is 0 Å². The number of ether oxygens (including phenoxy) is 2. The van der Waals surface area contributed by atoms with Crippen molar-refractivity contribution in [2.75, 3.05) is 0 Å². The van der Waals surface area contributed by atoms with Crippen molar-refractivity contribution in [1.82, 2.24) is 0 Å². The summed E-state index contributed by atoms with van der Waals surface area (Å²) in [6.07, 6.45) is -0.627. The Morgan fingerprint density at radius 2 is 1.55 bits per heavy atom. The summed E-state index contributed by atoms with van der Waals surface area (Å²) in [5.74, 6) is -3.91. The van der Waals surface area contributed by atoms with Crippen molar-refractivity contribution in [3.63, 3.8) is 0 Å². The van der Waals surface area contributed by atoms with Crippen LogP contribution in [0.2, 0.25) is 0 Å². The quantitative estimate of drug-likeness (QED) is 0.575. The molecule has 0 aromatic heterocycles. The zero-order valence-corrected chi connectivity index (χ0v) is 15.3. The maximum atomic E-state index is 13.2. The molecular formula is C22H16O7. The molecule has 7 nitrogen and oxygen atoms in total. The molecule has 0 fully saturated rings. The number of Topliss-reactive ketones (excluding diaryl/α,β-unsaturated/α-hetero) is 2. The smallest absolute Gasteiger partial charge is 0.320 e. The Hall–Kier alpha value is -3.58. The standard InChI is InChI=1S/C22H16O7/c1-11(23)10-21(27)20(26)18-13(24)8-9-14(25)19(18)22(21)28-15-6-2-4-12-5-3-7-16(29-22)17(12)15/h2-9,24-25,27H,10H2,1H3. The van der Waals surface area contributed by atoms with Gasteiger partial charge in [-0.3, -0.25) is 9.59 Å². The third kappa shape index (κ3) is 2.05. The van der Waals surface area contributed by atoms with E-state index in [-0.39, 0.29) is 11.1 Å². The number of aromatic hydroxyl groups is 2. The highest BCUT2D eigenvalue weighted by atomic mass is 16.7. The summed E-state index contributed by atoms with van der Waals surface area (Å²) in [7, 11) is 0. The lowest BCUT2D eigenvalue weighted by atomic mass is 9.86. The van der Waals surface area contributed by atoms with Crippen molar-refractivity contribution in [3.05, 3.63) is 59.7 Å². The van der Waals surface area contributed by atoms with E-state index in [1.165, 1.54) is 13.0 Å². The fraction of sp³-hybridized carbons (Fsp3) is 0.182. The number of hydrogen-bond acceptors (Lipinski definition) is 7. The maximum Gasteiger partial charge on any atom is 0.320 e. The van der Waals surface area contributed by atoms with Crippen LogP contribution in [0.4, 0.5) is 0 Å². The summed E-state index contributed by atoms with van der Waals surface area (Å²) in [4.78, 5) is 25.2. The van der Waals surface area contributed by atoms with Gasteiger partial charge in [-0.2, -0.15) is 0 Å². The number of phenols is 2. The summed E-state index contributed by atoms with van der Waals surface area (Å²) < 4.78 is 12.2. The molecule has 0 amide bonds. The van der Waals surface area contributed by atoms with Crippen LogP contribution in [0.3, 0.4) is 0 Å². The van der Waals surface area contributed by atoms with Gasteiger partial charge in [0.1, 0.15) is 28.8 Å². The molecule has 7 heteroatoms. The molecule has 0 saturated carbocycles. The summed E-state index contributed by atoms with van der Waals surface area (Å²) >= 11 is 0. The Morgan fingerprint density at radius 1 is 0.966 bits per heavy atom. The van der Waals surface area contributed by atoms with Crippen molar-refractivity contribution in [2.45, 2.75) is 24.7 Å². The lowest BCUT2D eigenvalue weighted by Crippen LogP contribution is -2.60. The highest BCUT2D eigenvalue weighted by Crippen LogP contribution is 2.58. The molecule has 1 unspecified atom stereocenters. The summed E-state index contributed by atoms with van der Waals surface area (Å²) in [6.45, 7) is 1.22. The molecule has 3 aromatic carbocycles. The molecular weight excluding hydrogens is 376 g/mol. The highest BCUT2D eigenvalue weighted by Gasteiger charge is 2.71. The van der Waals surface area contributed by atoms with Gasteiger partial charge in [0, 0.05) is 0 Å². The summed E-state index contributed by atoms with van der Waals surface area (Å²) in [5.41, 5.74) is -3.04. The Balaban J connectivity index is 1.86. The Bertz CT molecular complexity index is 1190. The summed E-state index contributed by atoms with van der Waals surface area (Å²) in [6, 6.07) is 12.8. The van der Waals surface area contributed by atoms with Gasteiger partial charge in [0.15, 0.2) is 0 Å². The van der Waals surface area contributed by atoms with Crippen LogP contribution >= 0.6 is 0 Å². The second kappa shape index (κ2) is 5.48. The van der Waals surface area contributed by atoms with Crippen molar-refractivity contribution in [1.29, 1.82) is 0 Å². The topological polar surface area (TPSA) is 113 Å². The number of ketones is 2. The van der Waals surface area contributed by atoms with Crippen LogP contribution in [0.1, 0.15) is 29.3 Å². The first-order chi connectivity index (χ1) is 13.8. The number of fused-ring (bicyclic) bond motifs is 2. The lowest BCUT2D eigenvalue weighted by Gasteiger charge is -2.43. The minimum Gasteiger partial charge on any atom is -0.507 e. The molecule has 5 rings (SSSR count). The Labute approximate surface area is 164 Å². The molecule has 146 valence electrons. The first kappa shape index (κ1) is 17.5. The Kier molecular flexibility index (Phi) is 3.31. The van der Waals surface area contributed by atoms with E-state index in [1.54, 1.807) is 24.3 Å². The van der Waals surface area contributed by atoms with Crippen LogP contribution in [-0.2, 0) is 10.6 Å². The largest absolute Gasteiger partial charge is 0.507 e. The van der Waals surface area contributed by atoms with Crippen molar-refractivity contribution in [3.8, 4) is 23.0 Å². The zero-order chi connectivity index (χ0) is 20.6. The van der Waals surface area contributed by atoms with Gasteiger partial charge >= 0.3 is 5.79 Å². The molecule has 1 spiro atoms. The monoisotopic (exact) mass is 392 g/mol. The number of phenolic OH excluding ortho intramolecular Hbond substituents is 2. The van der Waals surface area contributed by atoms with Crippen molar-refractivity contribution >= 4 is 22.3 Å². The predicted molar refractivity (Wildman–Crippen MR) is 101 cm³/mol. The SMILES string of the molecule is CC(=O)CC1(O)C(=O)c2c(O)ccc(O)c2C12Oc1cccc3cccc(c13)O2. The second-order valence-electron chi connectivity index (χ2n) is 7.35. The first-order valence-corrected chi connectivity index (χ1v) is 9.00. The number of benzene rings is 3. The van der Waals surface area contributed by atoms with Crippen LogP contribution in [-0.4, -0.2) is 32.5 Å². The fourth-order valence-corrected chi connectivity index (χ4v) is 4.31. The van der Waals surface area contributed by atoms with Gasteiger partial charge < -0.3 is 24.8 Å². The number of hydrogen-bond donors (Lipinski definition) is 3. The molecule has 1 aliphatic carbocycles. The van der Waals surface area contributed by atoms with Gasteiger partial charge in [0.25, 0.3) is 0 Å². The van der Waals surface area contributed by atoms with E-state index in [0.29, 0.717) is 16.9 Å². The predicted octanol–water partition coefficient (Wildman–Crippen LogP) is 2.78. The molecule has 0 bridgehead atoms. The molecule has 29 heavy (non-hydrogen) atoms. The van der Waals surface area contributed by atoms with E-state index in [4.69, 9.17) is 9.47 Å². The van der Waals surface area contributed by atoms with Crippen LogP contribution in [0.15, 0.2) is 48.5 Å². The average Bonchev–Trinajstić information content (AvgIpc) is 2.84. The number of aliphatic hydroxyl groups is 1. The molecule has 2 aliphatic rings. The van der Waals surface area contributed by atoms with Crippen LogP contribution in [0.25, 0.3) is 10.8 Å². The van der Waals surface area contributed by atoms with Gasteiger partial charge in [0.05, 0.1) is 22.9 Å². The number of carbonyl (C=O) groups is 2. The minimum absolute atomic E-state index is 0.210. The average molecular weight is 392 g/mol. The molecule has 1 atom stereocenters. The highest BCUT2D eigenvalue weighted by molar-refractivity contribution is 6.13. The number of rotatable bonds is 2. The maximum absolute atomic E-state index is 13.2. The third-order valence-corrected chi connectivity index (χ3v) is 5.48. The number of carbonyl (C=O) groups excluding carboxylic acids is 2. The van der Waals surface area contributed by atoms with Crippen LogP contribution < -0.4 is 9.47 Å². The zero-order valence-electron chi connectivity index (χ0n) is 15.3. The van der Waals surface area contributed by atoms with Gasteiger partial charge in [-0.1, -0.05) is 24.3 Å². The normalized spacial score (nSPS) is 21.0. The second-order valence-corrected chi connectivity index (χ2v) is 7.35.